The van der Waals surface area contributed by atoms with Crippen molar-refractivity contribution in [3.63, 3.8) is 0 Å². The predicted molar refractivity (Wildman–Crippen MR) is 125 cm³/mol. The molecule has 32 heavy (non-hydrogen) atoms. The van der Waals surface area contributed by atoms with Crippen LogP contribution in [0.15, 0.2) is 52.7 Å². The molecule has 2 fully saturated rings. The quantitative estimate of drug-likeness (QED) is 0.210. The molecule has 0 saturated carbocycles. The van der Waals surface area contributed by atoms with Crippen LogP contribution in [0.1, 0.15) is 25.7 Å². The molecule has 4 heterocycles. The van der Waals surface area contributed by atoms with Gasteiger partial charge in [-0.2, -0.15) is 0 Å². The summed E-state index contributed by atoms with van der Waals surface area (Å²) >= 11 is 0. The largest absolute Gasteiger partial charge is 0.422 e. The fraction of sp³-hybridized carbons (Fsp3) is 0.333. The number of benzene rings is 2. The van der Waals surface area contributed by atoms with Gasteiger partial charge >= 0.3 is 11.3 Å². The molecule has 2 aromatic carbocycles. The van der Waals surface area contributed by atoms with Gasteiger partial charge in [0.2, 0.25) is 0 Å². The molecule has 8 nitrogen and oxygen atoms in total. The van der Waals surface area contributed by atoms with Crippen LogP contribution in [-0.2, 0) is 0 Å². The summed E-state index contributed by atoms with van der Waals surface area (Å²) in [6.45, 7) is 3.88. The molecule has 0 N–H and O–H groups in total. The molecular formula is C24H22N4O4. The second-order valence-corrected chi connectivity index (χ2v) is 8.49. The molecule has 0 radical (unpaired) electrons. The number of rotatable bonds is 4. The molecule has 2 aliphatic heterocycles. The maximum absolute atomic E-state index is 12.8. The molecule has 0 spiro atoms. The van der Waals surface area contributed by atoms with E-state index in [9.17, 15) is 9.59 Å². The molecule has 0 aliphatic carbocycles. The minimum Gasteiger partial charge on any atom is -0.422 e. The zero-order valence-electron chi connectivity index (χ0n) is 17.5. The molecule has 0 amide bonds. The maximum Gasteiger partial charge on any atom is 0.344 e. The van der Waals surface area contributed by atoms with Gasteiger partial charge in [-0.15, -0.1) is 0 Å². The number of aliphatic imine (C=N–C) groups is 2. The van der Waals surface area contributed by atoms with Gasteiger partial charge in [-0.05, 0) is 37.8 Å². The Morgan fingerprint density at radius 1 is 0.656 bits per heavy atom. The molecule has 2 saturated heterocycles. The molecule has 4 aromatic rings. The smallest absolute Gasteiger partial charge is 0.344 e. The van der Waals surface area contributed by atoms with E-state index in [-0.39, 0.29) is 0 Å². The molecule has 8 heteroatoms. The van der Waals surface area contributed by atoms with Crippen molar-refractivity contribution in [2.24, 2.45) is 9.98 Å². The summed E-state index contributed by atoms with van der Waals surface area (Å²) in [6, 6.07) is 6.79. The van der Waals surface area contributed by atoms with Crippen LogP contribution < -0.4 is 11.3 Å². The lowest BCUT2D eigenvalue weighted by atomic mass is 10.0. The Bertz CT molecular complexity index is 1370. The van der Waals surface area contributed by atoms with Gasteiger partial charge in [0.15, 0.2) is 0 Å². The van der Waals surface area contributed by atoms with E-state index < -0.39 is 11.3 Å². The number of nitrogens with zero attached hydrogens (tertiary/aromatic N) is 4. The van der Waals surface area contributed by atoms with Gasteiger partial charge in [0, 0.05) is 49.1 Å². The zero-order chi connectivity index (χ0) is 21.7. The van der Waals surface area contributed by atoms with E-state index in [1.807, 2.05) is 0 Å². The lowest BCUT2D eigenvalue weighted by Gasteiger charge is -2.11. The molecule has 2 aliphatic rings. The Hall–Kier alpha value is -3.68. The highest BCUT2D eigenvalue weighted by Crippen LogP contribution is 2.35. The Labute approximate surface area is 182 Å². The van der Waals surface area contributed by atoms with Gasteiger partial charge in [-0.3, -0.25) is 0 Å². The first-order chi connectivity index (χ1) is 15.7. The van der Waals surface area contributed by atoms with Gasteiger partial charge < -0.3 is 18.6 Å². The van der Waals surface area contributed by atoms with Crippen molar-refractivity contribution < 1.29 is 8.83 Å². The third kappa shape index (κ3) is 3.23. The van der Waals surface area contributed by atoms with Crippen molar-refractivity contribution >= 4 is 56.8 Å². The van der Waals surface area contributed by atoms with Crippen LogP contribution in [0.4, 0.5) is 11.4 Å². The van der Waals surface area contributed by atoms with Crippen LogP contribution in [0.5, 0.6) is 0 Å². The highest BCUT2D eigenvalue weighted by molar-refractivity contribution is 6.20. The van der Waals surface area contributed by atoms with Gasteiger partial charge in [-0.1, -0.05) is 0 Å². The third-order valence-corrected chi connectivity index (χ3v) is 6.29. The van der Waals surface area contributed by atoms with Gasteiger partial charge in [0.05, 0.1) is 34.8 Å². The van der Waals surface area contributed by atoms with Crippen molar-refractivity contribution in [3.05, 3.63) is 45.1 Å². The Kier molecular flexibility index (Phi) is 4.45. The van der Waals surface area contributed by atoms with Crippen LogP contribution in [0.3, 0.4) is 0 Å². The molecule has 2 aromatic heterocycles. The van der Waals surface area contributed by atoms with Crippen molar-refractivity contribution in [2.75, 3.05) is 26.2 Å². The zero-order valence-corrected chi connectivity index (χ0v) is 17.5. The van der Waals surface area contributed by atoms with E-state index in [0.29, 0.717) is 44.1 Å². The third-order valence-electron chi connectivity index (χ3n) is 6.29. The minimum atomic E-state index is -0.489. The number of hydrogen-bond acceptors (Lipinski definition) is 6. The first kappa shape index (κ1) is 19.0. The van der Waals surface area contributed by atoms with Gasteiger partial charge in [0.25, 0.3) is 0 Å². The van der Waals surface area contributed by atoms with Crippen LogP contribution in [-0.4, -0.2) is 48.7 Å². The normalized spacial score (nSPS) is 17.5. The van der Waals surface area contributed by atoms with Crippen molar-refractivity contribution in [3.8, 4) is 0 Å². The van der Waals surface area contributed by atoms with E-state index in [4.69, 9.17) is 8.83 Å². The van der Waals surface area contributed by atoms with E-state index in [1.54, 1.807) is 36.9 Å². The standard InChI is InChI=1S/C24H22N4O4/c29-23-17-9-15(25-13-27-5-1-2-6-27)11-19-21(17)22-18(24(30)31-19)10-16(12-20(22)32-23)26-14-28-7-3-4-8-28/h9-14H,1-8H2/b25-13+,26-14+. The maximum atomic E-state index is 12.8. The SMILES string of the molecule is O=c1oc2cc(/N=C/N3CCCC3)cc3c(=O)oc4cc(/N=C/N5CCCC5)cc1c4c23. The average Bonchev–Trinajstić information content (AvgIpc) is 3.50. The first-order valence-electron chi connectivity index (χ1n) is 11.0. The molecule has 162 valence electrons. The molecule has 6 rings (SSSR count). The lowest BCUT2D eigenvalue weighted by molar-refractivity contribution is 0.536. The average molecular weight is 430 g/mol. The summed E-state index contributed by atoms with van der Waals surface area (Å²) in [5.74, 6) is 0. The number of hydrogen-bond donors (Lipinski definition) is 0. The lowest BCUT2D eigenvalue weighted by Crippen LogP contribution is -2.16. The van der Waals surface area contributed by atoms with E-state index in [1.165, 1.54) is 0 Å². The molecule has 0 unspecified atom stereocenters. The number of likely N-dealkylation sites (tertiary alicyclic amines) is 2. The summed E-state index contributed by atoms with van der Waals surface area (Å²) in [6.07, 6.45) is 8.16. The summed E-state index contributed by atoms with van der Waals surface area (Å²) in [7, 11) is 0. The first-order valence-corrected chi connectivity index (χ1v) is 11.0. The van der Waals surface area contributed by atoms with E-state index in [0.717, 1.165) is 51.9 Å². The highest BCUT2D eigenvalue weighted by atomic mass is 16.4. The predicted octanol–water partition coefficient (Wildman–Crippen LogP) is 4.00. The summed E-state index contributed by atoms with van der Waals surface area (Å²) in [4.78, 5) is 38.9. The molecule has 0 atom stereocenters. The second-order valence-electron chi connectivity index (χ2n) is 8.49. The Balaban J connectivity index is 1.51. The summed E-state index contributed by atoms with van der Waals surface area (Å²) in [5, 5.41) is 1.87. The fourth-order valence-electron chi connectivity index (χ4n) is 4.67. The van der Waals surface area contributed by atoms with Crippen molar-refractivity contribution in [1.82, 2.24) is 9.80 Å². The van der Waals surface area contributed by atoms with Gasteiger partial charge in [0.1, 0.15) is 11.2 Å². The van der Waals surface area contributed by atoms with Crippen LogP contribution in [0, 0.1) is 0 Å². The Morgan fingerprint density at radius 3 is 1.47 bits per heavy atom. The van der Waals surface area contributed by atoms with E-state index >= 15 is 0 Å². The van der Waals surface area contributed by atoms with Crippen molar-refractivity contribution in [2.45, 2.75) is 25.7 Å². The van der Waals surface area contributed by atoms with E-state index in [2.05, 4.69) is 19.8 Å². The monoisotopic (exact) mass is 430 g/mol. The van der Waals surface area contributed by atoms with Crippen LogP contribution in [0.2, 0.25) is 0 Å². The van der Waals surface area contributed by atoms with Crippen LogP contribution in [0.25, 0.3) is 32.7 Å². The highest BCUT2D eigenvalue weighted by Gasteiger charge is 2.19. The summed E-state index contributed by atoms with van der Waals surface area (Å²) in [5.41, 5.74) is 0.788. The molecular weight excluding hydrogens is 408 g/mol. The second kappa shape index (κ2) is 7.47. The summed E-state index contributed by atoms with van der Waals surface area (Å²) < 4.78 is 11.3. The Morgan fingerprint density at radius 2 is 1.06 bits per heavy atom. The van der Waals surface area contributed by atoms with Gasteiger partial charge in [-0.25, -0.2) is 19.6 Å². The minimum absolute atomic E-state index is 0.333. The van der Waals surface area contributed by atoms with Crippen LogP contribution >= 0.6 is 0 Å². The fourth-order valence-corrected chi connectivity index (χ4v) is 4.67. The molecule has 0 bridgehead atoms. The van der Waals surface area contributed by atoms with Crippen molar-refractivity contribution in [1.29, 1.82) is 0 Å². The topological polar surface area (TPSA) is 91.6 Å².